The predicted octanol–water partition coefficient (Wildman–Crippen LogP) is 4.46. The molecule has 0 radical (unpaired) electrons. The minimum absolute atomic E-state index is 0.102. The van der Waals surface area contributed by atoms with Gasteiger partial charge < -0.3 is 15.5 Å². The maximum absolute atomic E-state index is 14.0. The molecular weight excluding hydrogens is 429 g/mol. The number of halogens is 3. The van der Waals surface area contributed by atoms with E-state index in [4.69, 9.17) is 0 Å². The summed E-state index contributed by atoms with van der Waals surface area (Å²) in [6.45, 7) is 5.61. The number of anilines is 1. The molecule has 1 amide bonds. The fraction of sp³-hybridized carbons (Fsp3) is 0.520. The minimum Gasteiger partial charge on any atom is -0.380 e. The maximum Gasteiger partial charge on any atom is 0.414 e. The van der Waals surface area contributed by atoms with E-state index in [1.165, 1.54) is 30.4 Å². The van der Waals surface area contributed by atoms with Gasteiger partial charge in [0.1, 0.15) is 0 Å². The molecule has 1 fully saturated rings. The first-order chi connectivity index (χ1) is 15.6. The quantitative estimate of drug-likeness (QED) is 0.692. The molecule has 0 saturated carbocycles. The van der Waals surface area contributed by atoms with Crippen molar-refractivity contribution in [3.05, 3.63) is 59.4 Å². The summed E-state index contributed by atoms with van der Waals surface area (Å²) >= 11 is 0. The number of hydrogen-bond acceptors (Lipinski definition) is 4. The van der Waals surface area contributed by atoms with Crippen molar-refractivity contribution >= 4 is 11.6 Å². The number of amides is 1. The molecule has 0 bridgehead atoms. The van der Waals surface area contributed by atoms with Crippen LogP contribution in [0.1, 0.15) is 49.6 Å². The molecule has 5 nitrogen and oxygen atoms in total. The molecule has 2 unspecified atom stereocenters. The van der Waals surface area contributed by atoms with Crippen LogP contribution in [0.2, 0.25) is 0 Å². The predicted molar refractivity (Wildman–Crippen MR) is 122 cm³/mol. The van der Waals surface area contributed by atoms with Gasteiger partial charge in [0.25, 0.3) is 0 Å². The lowest BCUT2D eigenvalue weighted by Crippen LogP contribution is -2.45. The second-order valence-corrected chi connectivity index (χ2v) is 9.67. The van der Waals surface area contributed by atoms with Gasteiger partial charge in [-0.05, 0) is 55.6 Å². The third-order valence-electron chi connectivity index (χ3n) is 7.15. The number of pyridine rings is 1. The van der Waals surface area contributed by atoms with Crippen molar-refractivity contribution in [2.24, 2.45) is 5.92 Å². The first-order valence-electron chi connectivity index (χ1n) is 11.4. The number of nitrogens with zero attached hydrogens (tertiary/aromatic N) is 2. The summed E-state index contributed by atoms with van der Waals surface area (Å²) < 4.78 is 42.0. The largest absolute Gasteiger partial charge is 0.414 e. The number of hydrogen-bond donors (Lipinski definition) is 2. The molecule has 178 valence electrons. The van der Waals surface area contributed by atoms with Crippen LogP contribution in [-0.2, 0) is 16.6 Å². The molecule has 1 aromatic carbocycles. The Morgan fingerprint density at radius 2 is 1.88 bits per heavy atom. The zero-order chi connectivity index (χ0) is 23.8. The zero-order valence-electron chi connectivity index (χ0n) is 19.2. The molecule has 8 heteroatoms. The summed E-state index contributed by atoms with van der Waals surface area (Å²) in [7, 11) is 1.23. The Morgan fingerprint density at radius 1 is 1.18 bits per heavy atom. The van der Waals surface area contributed by atoms with Gasteiger partial charge in [-0.15, -0.1) is 0 Å². The molecule has 1 saturated heterocycles. The lowest BCUT2D eigenvalue weighted by molar-refractivity contribution is -0.191. The lowest BCUT2D eigenvalue weighted by Gasteiger charge is -2.33. The van der Waals surface area contributed by atoms with E-state index in [2.05, 4.69) is 41.6 Å². The van der Waals surface area contributed by atoms with Crippen molar-refractivity contribution in [2.45, 2.75) is 56.8 Å². The molecule has 2 aliphatic rings. The molecule has 33 heavy (non-hydrogen) atoms. The summed E-state index contributed by atoms with van der Waals surface area (Å²) in [5.74, 6) is -0.874. The second kappa shape index (κ2) is 8.97. The fourth-order valence-corrected chi connectivity index (χ4v) is 5.14. The lowest BCUT2D eigenvalue weighted by atomic mass is 9.83. The average molecular weight is 461 g/mol. The number of nitrogens with one attached hydrogen (secondary N) is 2. The highest BCUT2D eigenvalue weighted by molar-refractivity contribution is 5.79. The number of rotatable bonds is 5. The van der Waals surface area contributed by atoms with Crippen LogP contribution in [-0.4, -0.2) is 48.1 Å². The summed E-state index contributed by atoms with van der Waals surface area (Å²) in [6.07, 6.45) is -1.25. The van der Waals surface area contributed by atoms with Crippen molar-refractivity contribution in [3.63, 3.8) is 0 Å². The minimum atomic E-state index is -4.62. The summed E-state index contributed by atoms with van der Waals surface area (Å²) in [6, 6.07) is 9.33. The van der Waals surface area contributed by atoms with Gasteiger partial charge in [-0.3, -0.25) is 9.78 Å². The molecule has 2 aromatic rings. The SMILES string of the molecule is CN(C(=O)C1CCNCC1)C(c1ccc(NC2Cc3ccccc3C2(C)C)cn1)C(F)(F)F. The smallest absolute Gasteiger partial charge is 0.380 e. The first-order valence-corrected chi connectivity index (χ1v) is 11.4. The van der Waals surface area contributed by atoms with Crippen LogP contribution in [0.25, 0.3) is 0 Å². The Labute approximate surface area is 192 Å². The third kappa shape index (κ3) is 4.71. The molecule has 2 N–H and O–H groups in total. The number of benzene rings is 1. The number of piperidine rings is 1. The van der Waals surface area contributed by atoms with Gasteiger partial charge in [0.15, 0.2) is 6.04 Å². The monoisotopic (exact) mass is 460 g/mol. The van der Waals surface area contributed by atoms with E-state index >= 15 is 0 Å². The van der Waals surface area contributed by atoms with Crippen LogP contribution in [0.15, 0.2) is 42.6 Å². The molecule has 1 aliphatic carbocycles. The number of carbonyl (C=O) groups excluding carboxylic acids is 1. The Kier molecular flexibility index (Phi) is 6.40. The fourth-order valence-electron chi connectivity index (χ4n) is 5.14. The molecule has 2 heterocycles. The van der Waals surface area contributed by atoms with Crippen LogP contribution in [0.5, 0.6) is 0 Å². The second-order valence-electron chi connectivity index (χ2n) is 9.67. The van der Waals surface area contributed by atoms with Gasteiger partial charge in [0, 0.05) is 24.4 Å². The highest BCUT2D eigenvalue weighted by Crippen LogP contribution is 2.41. The van der Waals surface area contributed by atoms with E-state index in [1.807, 2.05) is 12.1 Å². The van der Waals surface area contributed by atoms with Gasteiger partial charge >= 0.3 is 6.18 Å². The Balaban J connectivity index is 1.51. The molecule has 4 rings (SSSR count). The van der Waals surface area contributed by atoms with Crippen molar-refractivity contribution < 1.29 is 18.0 Å². The van der Waals surface area contributed by atoms with Gasteiger partial charge in [-0.1, -0.05) is 38.1 Å². The van der Waals surface area contributed by atoms with Crippen molar-refractivity contribution in [2.75, 3.05) is 25.5 Å². The highest BCUT2D eigenvalue weighted by Gasteiger charge is 2.47. The maximum atomic E-state index is 14.0. The van der Waals surface area contributed by atoms with Crippen LogP contribution in [0, 0.1) is 5.92 Å². The molecule has 0 spiro atoms. The van der Waals surface area contributed by atoms with Crippen molar-refractivity contribution in [1.82, 2.24) is 15.2 Å². The van der Waals surface area contributed by atoms with Gasteiger partial charge in [0.05, 0.1) is 17.6 Å². The van der Waals surface area contributed by atoms with Crippen molar-refractivity contribution in [3.8, 4) is 0 Å². The Morgan fingerprint density at radius 3 is 2.48 bits per heavy atom. The van der Waals surface area contributed by atoms with E-state index in [-0.39, 0.29) is 17.2 Å². The molecule has 1 aliphatic heterocycles. The van der Waals surface area contributed by atoms with E-state index in [0.717, 1.165) is 11.3 Å². The van der Waals surface area contributed by atoms with Gasteiger partial charge in [0.2, 0.25) is 5.91 Å². The average Bonchev–Trinajstić information content (AvgIpc) is 3.04. The summed E-state index contributed by atoms with van der Waals surface area (Å²) in [4.78, 5) is 17.8. The molecular formula is C25H31F3N4O. The molecule has 2 atom stereocenters. The van der Waals surface area contributed by atoms with Crippen LogP contribution in [0.4, 0.5) is 18.9 Å². The van der Waals surface area contributed by atoms with Crippen LogP contribution < -0.4 is 10.6 Å². The van der Waals surface area contributed by atoms with Crippen LogP contribution in [0.3, 0.4) is 0 Å². The third-order valence-corrected chi connectivity index (χ3v) is 7.15. The first kappa shape index (κ1) is 23.5. The number of carbonyl (C=O) groups is 1. The van der Waals surface area contributed by atoms with E-state index < -0.39 is 24.0 Å². The van der Waals surface area contributed by atoms with Gasteiger partial charge in [-0.2, -0.15) is 13.2 Å². The topological polar surface area (TPSA) is 57.3 Å². The summed E-state index contributed by atoms with van der Waals surface area (Å²) in [5, 5.41) is 6.59. The highest BCUT2D eigenvalue weighted by atomic mass is 19.4. The number of alkyl halides is 3. The van der Waals surface area contributed by atoms with Crippen molar-refractivity contribution in [1.29, 1.82) is 0 Å². The number of aromatic nitrogens is 1. The number of fused-ring (bicyclic) bond motifs is 1. The zero-order valence-corrected chi connectivity index (χ0v) is 19.2. The normalized spacial score (nSPS) is 21.3. The Hall–Kier alpha value is -2.61. The summed E-state index contributed by atoms with van der Waals surface area (Å²) in [5.41, 5.74) is 2.93. The van der Waals surface area contributed by atoms with E-state index in [0.29, 0.717) is 31.6 Å². The standard InChI is InChI=1S/C25H31F3N4O/c1-24(2)19-7-5-4-6-17(19)14-21(24)31-18-8-9-20(30-15-18)22(25(26,27)28)32(3)23(33)16-10-12-29-13-11-16/h4-9,15-16,21-22,29,31H,10-14H2,1-3H3. The Bertz CT molecular complexity index is 984. The van der Waals surface area contributed by atoms with E-state index in [1.54, 1.807) is 6.07 Å². The van der Waals surface area contributed by atoms with E-state index in [9.17, 15) is 18.0 Å². The molecule has 1 aromatic heterocycles. The van der Waals surface area contributed by atoms with Gasteiger partial charge in [-0.25, -0.2) is 0 Å². The van der Waals surface area contributed by atoms with Crippen LogP contribution >= 0.6 is 0 Å².